The smallest absolute Gasteiger partial charge is 0.251 e. The predicted octanol–water partition coefficient (Wildman–Crippen LogP) is 2.67. The Labute approximate surface area is 108 Å². The number of hydrogen-bond acceptors (Lipinski definition) is 3. The van der Waals surface area contributed by atoms with Gasteiger partial charge in [0.1, 0.15) is 5.75 Å². The molecule has 0 spiro atoms. The number of carbonyl (C=O) groups is 1. The van der Waals surface area contributed by atoms with Crippen LogP contribution in [0.1, 0.15) is 49.4 Å². The van der Waals surface area contributed by atoms with Crippen LogP contribution < -0.4 is 11.1 Å². The van der Waals surface area contributed by atoms with Gasteiger partial charge in [-0.15, -0.1) is 0 Å². The summed E-state index contributed by atoms with van der Waals surface area (Å²) in [6.07, 6.45) is 5.84. The van der Waals surface area contributed by atoms with Gasteiger partial charge < -0.3 is 16.2 Å². The van der Waals surface area contributed by atoms with Gasteiger partial charge >= 0.3 is 0 Å². The molecular weight excluding hydrogens is 228 g/mol. The molecule has 1 aromatic carbocycles. The van der Waals surface area contributed by atoms with Gasteiger partial charge in [-0.3, -0.25) is 4.79 Å². The molecule has 4 heteroatoms. The second-order valence-electron chi connectivity index (χ2n) is 4.44. The normalized spacial score (nSPS) is 10.3. The highest BCUT2D eigenvalue weighted by atomic mass is 16.3. The van der Waals surface area contributed by atoms with Crippen LogP contribution in [0.5, 0.6) is 5.75 Å². The van der Waals surface area contributed by atoms with E-state index in [1.807, 2.05) is 0 Å². The Hall–Kier alpha value is -1.71. The lowest BCUT2D eigenvalue weighted by molar-refractivity contribution is 0.0953. The van der Waals surface area contributed by atoms with Crippen molar-refractivity contribution in [3.63, 3.8) is 0 Å². The summed E-state index contributed by atoms with van der Waals surface area (Å²) in [5.41, 5.74) is 6.25. The lowest BCUT2D eigenvalue weighted by atomic mass is 10.1. The average molecular weight is 250 g/mol. The van der Waals surface area contributed by atoms with Gasteiger partial charge in [-0.25, -0.2) is 0 Å². The summed E-state index contributed by atoms with van der Waals surface area (Å²) in [5, 5.41) is 12.1. The number of unbranched alkanes of at least 4 members (excludes halogenated alkanes) is 4. The SMILES string of the molecule is CCCCCCCNC(=O)c1ccc(O)c(N)c1. The summed E-state index contributed by atoms with van der Waals surface area (Å²) in [6.45, 7) is 2.86. The van der Waals surface area contributed by atoms with Gasteiger partial charge in [0.15, 0.2) is 0 Å². The van der Waals surface area contributed by atoms with Crippen LogP contribution in [0, 0.1) is 0 Å². The monoisotopic (exact) mass is 250 g/mol. The fourth-order valence-corrected chi connectivity index (χ4v) is 1.73. The van der Waals surface area contributed by atoms with Crippen LogP contribution in [0.25, 0.3) is 0 Å². The number of carbonyl (C=O) groups excluding carboxylic acids is 1. The van der Waals surface area contributed by atoms with Crippen LogP contribution in [0.2, 0.25) is 0 Å². The summed E-state index contributed by atoms with van der Waals surface area (Å²) < 4.78 is 0. The van der Waals surface area contributed by atoms with Crippen LogP contribution in [-0.4, -0.2) is 17.6 Å². The van der Waals surface area contributed by atoms with Crippen molar-refractivity contribution < 1.29 is 9.90 Å². The number of nitrogens with one attached hydrogen (secondary N) is 1. The molecule has 0 saturated heterocycles. The van der Waals surface area contributed by atoms with Crippen molar-refractivity contribution in [2.24, 2.45) is 0 Å². The van der Waals surface area contributed by atoms with Crippen molar-refractivity contribution in [3.8, 4) is 5.75 Å². The maximum absolute atomic E-state index is 11.7. The zero-order chi connectivity index (χ0) is 13.4. The minimum Gasteiger partial charge on any atom is -0.506 e. The topological polar surface area (TPSA) is 75.3 Å². The van der Waals surface area contributed by atoms with Crippen LogP contribution in [0.3, 0.4) is 0 Å². The predicted molar refractivity (Wildman–Crippen MR) is 73.6 cm³/mol. The van der Waals surface area contributed by atoms with Gasteiger partial charge in [0.25, 0.3) is 5.91 Å². The fraction of sp³-hybridized carbons (Fsp3) is 0.500. The second-order valence-corrected chi connectivity index (χ2v) is 4.44. The third-order valence-electron chi connectivity index (χ3n) is 2.86. The van der Waals surface area contributed by atoms with Gasteiger partial charge in [-0.2, -0.15) is 0 Å². The molecule has 0 aromatic heterocycles. The third kappa shape index (κ3) is 4.65. The van der Waals surface area contributed by atoms with E-state index in [0.717, 1.165) is 12.8 Å². The molecule has 0 radical (unpaired) electrons. The molecule has 0 saturated carbocycles. The lowest BCUT2D eigenvalue weighted by Gasteiger charge is -2.06. The molecule has 0 aliphatic rings. The maximum atomic E-state index is 11.7. The van der Waals surface area contributed by atoms with Gasteiger partial charge in [-0.05, 0) is 24.6 Å². The highest BCUT2D eigenvalue weighted by Crippen LogP contribution is 2.20. The fourth-order valence-electron chi connectivity index (χ4n) is 1.73. The molecule has 0 aliphatic carbocycles. The molecule has 0 heterocycles. The lowest BCUT2D eigenvalue weighted by Crippen LogP contribution is -2.24. The van der Waals surface area contributed by atoms with E-state index < -0.39 is 0 Å². The van der Waals surface area contributed by atoms with Crippen LogP contribution >= 0.6 is 0 Å². The highest BCUT2D eigenvalue weighted by Gasteiger charge is 2.06. The molecule has 4 nitrogen and oxygen atoms in total. The van der Waals surface area contributed by atoms with E-state index in [2.05, 4.69) is 12.2 Å². The first-order valence-electron chi connectivity index (χ1n) is 6.52. The van der Waals surface area contributed by atoms with E-state index >= 15 is 0 Å². The number of amides is 1. The summed E-state index contributed by atoms with van der Waals surface area (Å²) in [5.74, 6) is -0.136. The quantitative estimate of drug-likeness (QED) is 0.395. The molecule has 1 aromatic rings. The number of nitrogen functional groups attached to an aromatic ring is 1. The van der Waals surface area contributed by atoms with Gasteiger partial charge in [-0.1, -0.05) is 32.6 Å². The van der Waals surface area contributed by atoms with E-state index in [9.17, 15) is 9.90 Å². The van der Waals surface area contributed by atoms with Crippen molar-refractivity contribution in [1.29, 1.82) is 0 Å². The number of phenolic OH excluding ortho intramolecular Hbond substituents is 1. The van der Waals surface area contributed by atoms with Crippen molar-refractivity contribution in [1.82, 2.24) is 5.32 Å². The number of nitrogens with two attached hydrogens (primary N) is 1. The average Bonchev–Trinajstić information content (AvgIpc) is 2.36. The molecular formula is C14H22N2O2. The number of rotatable bonds is 7. The van der Waals surface area contributed by atoms with Crippen LogP contribution in [0.4, 0.5) is 5.69 Å². The Morgan fingerprint density at radius 3 is 2.67 bits per heavy atom. The van der Waals surface area contributed by atoms with E-state index in [-0.39, 0.29) is 17.3 Å². The largest absolute Gasteiger partial charge is 0.506 e. The number of anilines is 1. The van der Waals surface area contributed by atoms with Gasteiger partial charge in [0.05, 0.1) is 5.69 Å². The minimum absolute atomic E-state index is 0.00566. The zero-order valence-corrected chi connectivity index (χ0v) is 10.9. The zero-order valence-electron chi connectivity index (χ0n) is 10.9. The standard InChI is InChI=1S/C14H22N2O2/c1-2-3-4-5-6-9-16-14(18)11-7-8-13(17)12(15)10-11/h7-8,10,17H,2-6,9,15H2,1H3,(H,16,18). The summed E-state index contributed by atoms with van der Waals surface area (Å²) >= 11 is 0. The molecule has 1 amide bonds. The number of hydrogen-bond donors (Lipinski definition) is 3. The molecule has 0 fully saturated rings. The molecule has 0 unspecified atom stereocenters. The summed E-state index contributed by atoms with van der Waals surface area (Å²) in [4.78, 5) is 11.7. The highest BCUT2D eigenvalue weighted by molar-refractivity contribution is 5.95. The van der Waals surface area contributed by atoms with E-state index in [1.165, 1.54) is 31.4 Å². The number of aromatic hydroxyl groups is 1. The maximum Gasteiger partial charge on any atom is 0.251 e. The van der Waals surface area contributed by atoms with E-state index in [0.29, 0.717) is 12.1 Å². The Balaban J connectivity index is 2.30. The Kier molecular flexibility index (Phi) is 6.05. The van der Waals surface area contributed by atoms with Crippen LogP contribution in [0.15, 0.2) is 18.2 Å². The van der Waals surface area contributed by atoms with Crippen LogP contribution in [-0.2, 0) is 0 Å². The number of phenols is 1. The first-order chi connectivity index (χ1) is 8.65. The Morgan fingerprint density at radius 2 is 2.00 bits per heavy atom. The molecule has 100 valence electrons. The van der Waals surface area contributed by atoms with Crippen molar-refractivity contribution in [2.75, 3.05) is 12.3 Å². The van der Waals surface area contributed by atoms with Crippen molar-refractivity contribution in [3.05, 3.63) is 23.8 Å². The van der Waals surface area contributed by atoms with Gasteiger partial charge in [0, 0.05) is 12.1 Å². The second kappa shape index (κ2) is 7.58. The molecule has 18 heavy (non-hydrogen) atoms. The summed E-state index contributed by atoms with van der Waals surface area (Å²) in [6, 6.07) is 4.49. The van der Waals surface area contributed by atoms with E-state index in [1.54, 1.807) is 6.07 Å². The number of benzene rings is 1. The molecule has 1 rings (SSSR count). The third-order valence-corrected chi connectivity index (χ3v) is 2.86. The van der Waals surface area contributed by atoms with E-state index in [4.69, 9.17) is 5.73 Å². The van der Waals surface area contributed by atoms with Gasteiger partial charge in [0.2, 0.25) is 0 Å². The summed E-state index contributed by atoms with van der Waals surface area (Å²) in [7, 11) is 0. The molecule has 0 bridgehead atoms. The van der Waals surface area contributed by atoms with Crippen molar-refractivity contribution in [2.45, 2.75) is 39.0 Å². The molecule has 0 atom stereocenters. The Morgan fingerprint density at radius 1 is 1.28 bits per heavy atom. The molecule has 4 N–H and O–H groups in total. The first kappa shape index (κ1) is 14.4. The Bertz CT molecular complexity index is 391. The first-order valence-corrected chi connectivity index (χ1v) is 6.52. The van der Waals surface area contributed by atoms with Crippen molar-refractivity contribution >= 4 is 11.6 Å². The molecule has 0 aliphatic heterocycles. The minimum atomic E-state index is -0.141.